The lowest BCUT2D eigenvalue weighted by Crippen LogP contribution is -2.11. The molecule has 1 aromatic heterocycles. The summed E-state index contributed by atoms with van der Waals surface area (Å²) in [6, 6.07) is 25.5. The van der Waals surface area contributed by atoms with E-state index in [0.29, 0.717) is 5.56 Å². The SMILES string of the molecule is Cc1nc(-c2cccc(NC(=O)c3ccc(-c4ccccc4)cc3)c2)cs1. The highest BCUT2D eigenvalue weighted by atomic mass is 32.1. The molecule has 0 saturated carbocycles. The number of hydrogen-bond donors (Lipinski definition) is 1. The molecule has 132 valence electrons. The molecular formula is C23H18N2OS. The van der Waals surface area contributed by atoms with Crippen molar-refractivity contribution in [3.8, 4) is 22.4 Å². The van der Waals surface area contributed by atoms with E-state index in [4.69, 9.17) is 0 Å². The predicted molar refractivity (Wildman–Crippen MR) is 112 cm³/mol. The predicted octanol–water partition coefficient (Wildman–Crippen LogP) is 6.04. The van der Waals surface area contributed by atoms with E-state index in [1.165, 1.54) is 0 Å². The summed E-state index contributed by atoms with van der Waals surface area (Å²) < 4.78 is 0. The lowest BCUT2D eigenvalue weighted by atomic mass is 10.0. The van der Waals surface area contributed by atoms with E-state index in [1.54, 1.807) is 11.3 Å². The molecule has 0 atom stereocenters. The van der Waals surface area contributed by atoms with E-state index in [1.807, 2.05) is 79.0 Å². The zero-order valence-electron chi connectivity index (χ0n) is 14.8. The zero-order valence-corrected chi connectivity index (χ0v) is 15.7. The van der Waals surface area contributed by atoms with Crippen LogP contribution in [0.3, 0.4) is 0 Å². The summed E-state index contributed by atoms with van der Waals surface area (Å²) in [6.07, 6.45) is 0. The molecule has 1 N–H and O–H groups in total. The smallest absolute Gasteiger partial charge is 0.255 e. The number of aryl methyl sites for hydroxylation is 1. The Bertz CT molecular complexity index is 1070. The second-order valence-electron chi connectivity index (χ2n) is 6.23. The van der Waals surface area contributed by atoms with Crippen LogP contribution in [-0.4, -0.2) is 10.9 Å². The Balaban J connectivity index is 1.51. The van der Waals surface area contributed by atoms with E-state index in [2.05, 4.69) is 22.4 Å². The summed E-state index contributed by atoms with van der Waals surface area (Å²) in [5.41, 5.74) is 5.54. The number of anilines is 1. The minimum absolute atomic E-state index is 0.124. The Labute approximate surface area is 162 Å². The van der Waals surface area contributed by atoms with Crippen molar-refractivity contribution >= 4 is 22.9 Å². The van der Waals surface area contributed by atoms with Crippen LogP contribution in [0, 0.1) is 6.92 Å². The Morgan fingerprint density at radius 2 is 1.56 bits per heavy atom. The van der Waals surface area contributed by atoms with Gasteiger partial charge in [0, 0.05) is 22.2 Å². The van der Waals surface area contributed by atoms with Gasteiger partial charge < -0.3 is 5.32 Å². The zero-order chi connectivity index (χ0) is 18.6. The van der Waals surface area contributed by atoms with Crippen LogP contribution in [0.4, 0.5) is 5.69 Å². The van der Waals surface area contributed by atoms with E-state index in [-0.39, 0.29) is 5.91 Å². The molecule has 0 radical (unpaired) electrons. The van der Waals surface area contributed by atoms with Crippen molar-refractivity contribution in [3.63, 3.8) is 0 Å². The van der Waals surface area contributed by atoms with Gasteiger partial charge in [0.05, 0.1) is 10.7 Å². The molecule has 1 amide bonds. The Morgan fingerprint density at radius 3 is 2.26 bits per heavy atom. The molecule has 0 bridgehead atoms. The molecule has 4 rings (SSSR count). The van der Waals surface area contributed by atoms with Crippen LogP contribution in [0.2, 0.25) is 0 Å². The molecular weight excluding hydrogens is 352 g/mol. The van der Waals surface area contributed by atoms with Gasteiger partial charge in [0.1, 0.15) is 0 Å². The van der Waals surface area contributed by atoms with Crippen molar-refractivity contribution in [2.24, 2.45) is 0 Å². The lowest BCUT2D eigenvalue weighted by Gasteiger charge is -2.08. The highest BCUT2D eigenvalue weighted by molar-refractivity contribution is 7.09. The van der Waals surface area contributed by atoms with Crippen LogP contribution < -0.4 is 5.32 Å². The summed E-state index contributed by atoms with van der Waals surface area (Å²) in [7, 11) is 0. The van der Waals surface area contributed by atoms with Crippen molar-refractivity contribution in [3.05, 3.63) is 94.8 Å². The molecule has 0 aliphatic heterocycles. The molecule has 0 aliphatic carbocycles. The summed E-state index contributed by atoms with van der Waals surface area (Å²) in [4.78, 5) is 17.1. The molecule has 1 heterocycles. The van der Waals surface area contributed by atoms with Crippen LogP contribution in [0.25, 0.3) is 22.4 Å². The largest absolute Gasteiger partial charge is 0.322 e. The number of thiazole rings is 1. The van der Waals surface area contributed by atoms with Gasteiger partial charge in [0.15, 0.2) is 0 Å². The maximum Gasteiger partial charge on any atom is 0.255 e. The van der Waals surface area contributed by atoms with Crippen molar-refractivity contribution in [2.45, 2.75) is 6.92 Å². The van der Waals surface area contributed by atoms with Gasteiger partial charge in [-0.3, -0.25) is 4.79 Å². The van der Waals surface area contributed by atoms with E-state index < -0.39 is 0 Å². The van der Waals surface area contributed by atoms with E-state index in [9.17, 15) is 4.79 Å². The van der Waals surface area contributed by atoms with Crippen LogP contribution in [0.5, 0.6) is 0 Å². The van der Waals surface area contributed by atoms with Crippen molar-refractivity contribution in [1.29, 1.82) is 0 Å². The van der Waals surface area contributed by atoms with Crippen LogP contribution in [0.15, 0.2) is 84.2 Å². The minimum Gasteiger partial charge on any atom is -0.322 e. The number of nitrogens with zero attached hydrogens (tertiary/aromatic N) is 1. The lowest BCUT2D eigenvalue weighted by molar-refractivity contribution is 0.102. The van der Waals surface area contributed by atoms with Crippen molar-refractivity contribution in [1.82, 2.24) is 4.98 Å². The number of nitrogens with one attached hydrogen (secondary N) is 1. The monoisotopic (exact) mass is 370 g/mol. The van der Waals surface area contributed by atoms with Gasteiger partial charge >= 0.3 is 0 Å². The quantitative estimate of drug-likeness (QED) is 0.476. The molecule has 27 heavy (non-hydrogen) atoms. The van der Waals surface area contributed by atoms with Gasteiger partial charge in [-0.15, -0.1) is 11.3 Å². The molecule has 0 saturated heterocycles. The number of rotatable bonds is 4. The first-order valence-corrected chi connectivity index (χ1v) is 9.56. The van der Waals surface area contributed by atoms with Crippen molar-refractivity contribution in [2.75, 3.05) is 5.32 Å². The second kappa shape index (κ2) is 7.56. The normalized spacial score (nSPS) is 10.6. The molecule has 0 unspecified atom stereocenters. The summed E-state index contributed by atoms with van der Waals surface area (Å²) in [5, 5.41) is 6.02. The summed E-state index contributed by atoms with van der Waals surface area (Å²) >= 11 is 1.62. The van der Waals surface area contributed by atoms with Crippen LogP contribution >= 0.6 is 11.3 Å². The number of benzene rings is 3. The van der Waals surface area contributed by atoms with Gasteiger partial charge in [-0.25, -0.2) is 4.98 Å². The molecule has 3 aromatic carbocycles. The third kappa shape index (κ3) is 3.96. The molecule has 4 aromatic rings. The molecule has 4 heteroatoms. The topological polar surface area (TPSA) is 42.0 Å². The maximum absolute atomic E-state index is 12.6. The highest BCUT2D eigenvalue weighted by Gasteiger charge is 2.08. The molecule has 0 fully saturated rings. The third-order valence-corrected chi connectivity index (χ3v) is 5.06. The first-order valence-electron chi connectivity index (χ1n) is 8.68. The number of carbonyl (C=O) groups excluding carboxylic acids is 1. The van der Waals surface area contributed by atoms with E-state index >= 15 is 0 Å². The Morgan fingerprint density at radius 1 is 0.852 bits per heavy atom. The fraction of sp³-hybridized carbons (Fsp3) is 0.0435. The fourth-order valence-electron chi connectivity index (χ4n) is 2.90. The standard InChI is InChI=1S/C23H18N2OS/c1-16-24-22(15-27-16)20-8-5-9-21(14-20)25-23(26)19-12-10-18(11-13-19)17-6-3-2-4-7-17/h2-15H,1H3,(H,25,26). The van der Waals surface area contributed by atoms with Gasteiger partial charge in [-0.2, -0.15) is 0 Å². The summed E-state index contributed by atoms with van der Waals surface area (Å²) in [6.45, 7) is 1.99. The summed E-state index contributed by atoms with van der Waals surface area (Å²) in [5.74, 6) is -0.124. The van der Waals surface area contributed by atoms with E-state index in [0.717, 1.165) is 33.1 Å². The first kappa shape index (κ1) is 17.2. The van der Waals surface area contributed by atoms with Crippen molar-refractivity contribution < 1.29 is 4.79 Å². The van der Waals surface area contributed by atoms with Crippen LogP contribution in [-0.2, 0) is 0 Å². The molecule has 3 nitrogen and oxygen atoms in total. The van der Waals surface area contributed by atoms with Gasteiger partial charge in [0.2, 0.25) is 0 Å². The van der Waals surface area contributed by atoms with Gasteiger partial charge in [0.25, 0.3) is 5.91 Å². The number of carbonyl (C=O) groups is 1. The van der Waals surface area contributed by atoms with Gasteiger partial charge in [-0.05, 0) is 42.3 Å². The number of aromatic nitrogens is 1. The first-order chi connectivity index (χ1) is 13.2. The molecule has 0 aliphatic rings. The van der Waals surface area contributed by atoms with Gasteiger partial charge in [-0.1, -0.05) is 54.6 Å². The number of amides is 1. The minimum atomic E-state index is -0.124. The third-order valence-electron chi connectivity index (χ3n) is 4.29. The second-order valence-corrected chi connectivity index (χ2v) is 7.29. The van der Waals surface area contributed by atoms with Crippen LogP contribution in [0.1, 0.15) is 15.4 Å². The highest BCUT2D eigenvalue weighted by Crippen LogP contribution is 2.25. The molecule has 0 spiro atoms. The fourth-order valence-corrected chi connectivity index (χ4v) is 3.52. The Hall–Kier alpha value is -3.24. The average Bonchev–Trinajstić information content (AvgIpc) is 3.15. The maximum atomic E-state index is 12.6. The average molecular weight is 370 g/mol. The Kier molecular flexibility index (Phi) is 4.81. The number of hydrogen-bond acceptors (Lipinski definition) is 3.